The van der Waals surface area contributed by atoms with Gasteiger partial charge in [0, 0.05) is 12.1 Å². The van der Waals surface area contributed by atoms with E-state index in [0.717, 1.165) is 18.7 Å². The Bertz CT molecular complexity index is 755. The average Bonchev–Trinajstić information content (AvgIpc) is 3.23. The third-order valence-electron chi connectivity index (χ3n) is 4.20. The Labute approximate surface area is 138 Å². The predicted octanol–water partition coefficient (Wildman–Crippen LogP) is 3.92. The zero-order valence-corrected chi connectivity index (χ0v) is 13.8. The standard InChI is InChI=1S/C17H20F3N3O/c1-16(2,3)15(17(18,19)20)22-14(24)12-11-6-4-5-9-23(11)13(21-12)10-7-8-10/h4-6,9-10,15H,7-8H2,1-3H3,(H,22,24)/t15-/m1/s1. The van der Waals surface area contributed by atoms with Crippen molar-refractivity contribution in [3.8, 4) is 0 Å². The number of pyridine rings is 1. The second-order valence-corrected chi connectivity index (χ2v) is 7.36. The highest BCUT2D eigenvalue weighted by Crippen LogP contribution is 2.40. The lowest BCUT2D eigenvalue weighted by Crippen LogP contribution is -2.53. The molecule has 3 rings (SSSR count). The number of fused-ring (bicyclic) bond motifs is 1. The Morgan fingerprint density at radius 2 is 1.96 bits per heavy atom. The molecule has 0 radical (unpaired) electrons. The minimum atomic E-state index is -4.53. The van der Waals surface area contributed by atoms with Gasteiger partial charge in [-0.25, -0.2) is 4.98 Å². The van der Waals surface area contributed by atoms with Crippen LogP contribution in [0.15, 0.2) is 24.4 Å². The summed E-state index contributed by atoms with van der Waals surface area (Å²) < 4.78 is 41.7. The number of carbonyl (C=O) groups is 1. The van der Waals surface area contributed by atoms with Crippen molar-refractivity contribution in [2.24, 2.45) is 5.41 Å². The molecule has 24 heavy (non-hydrogen) atoms. The summed E-state index contributed by atoms with van der Waals surface area (Å²) in [7, 11) is 0. The van der Waals surface area contributed by atoms with Crippen molar-refractivity contribution < 1.29 is 18.0 Å². The number of halogens is 3. The van der Waals surface area contributed by atoms with E-state index in [1.807, 2.05) is 6.07 Å². The minimum Gasteiger partial charge on any atom is -0.338 e. The number of carbonyl (C=O) groups excluding carboxylic acids is 1. The van der Waals surface area contributed by atoms with Crippen molar-refractivity contribution >= 4 is 11.4 Å². The monoisotopic (exact) mass is 339 g/mol. The van der Waals surface area contributed by atoms with Crippen LogP contribution in [-0.4, -0.2) is 27.5 Å². The maximum atomic E-state index is 13.3. The zero-order valence-electron chi connectivity index (χ0n) is 13.8. The fourth-order valence-electron chi connectivity index (χ4n) is 2.85. The first-order valence-corrected chi connectivity index (χ1v) is 7.93. The highest BCUT2D eigenvalue weighted by molar-refractivity contribution is 5.99. The van der Waals surface area contributed by atoms with Gasteiger partial charge in [-0.3, -0.25) is 4.79 Å². The molecule has 1 atom stereocenters. The van der Waals surface area contributed by atoms with E-state index in [9.17, 15) is 18.0 Å². The van der Waals surface area contributed by atoms with Gasteiger partial charge in [-0.15, -0.1) is 0 Å². The van der Waals surface area contributed by atoms with Gasteiger partial charge < -0.3 is 9.72 Å². The second-order valence-electron chi connectivity index (χ2n) is 7.36. The summed E-state index contributed by atoms with van der Waals surface area (Å²) in [6.07, 6.45) is -0.759. The van der Waals surface area contributed by atoms with Crippen LogP contribution in [0.3, 0.4) is 0 Å². The molecule has 1 aliphatic rings. The summed E-state index contributed by atoms with van der Waals surface area (Å²) >= 11 is 0. The Morgan fingerprint density at radius 1 is 1.29 bits per heavy atom. The van der Waals surface area contributed by atoms with E-state index in [1.165, 1.54) is 20.8 Å². The molecule has 2 aromatic heterocycles. The van der Waals surface area contributed by atoms with Crippen LogP contribution in [0.1, 0.15) is 55.8 Å². The Balaban J connectivity index is 1.97. The molecule has 2 heterocycles. The number of amides is 1. The van der Waals surface area contributed by atoms with Crippen LogP contribution in [0.25, 0.3) is 5.52 Å². The van der Waals surface area contributed by atoms with E-state index >= 15 is 0 Å². The zero-order chi connectivity index (χ0) is 17.7. The van der Waals surface area contributed by atoms with E-state index in [-0.39, 0.29) is 11.6 Å². The lowest BCUT2D eigenvalue weighted by atomic mass is 9.86. The lowest BCUT2D eigenvalue weighted by Gasteiger charge is -2.32. The summed E-state index contributed by atoms with van der Waals surface area (Å²) in [5.41, 5.74) is -0.564. The fourth-order valence-corrected chi connectivity index (χ4v) is 2.85. The smallest absolute Gasteiger partial charge is 0.338 e. The first kappa shape index (κ1) is 16.8. The number of aromatic nitrogens is 2. The number of nitrogens with zero attached hydrogens (tertiary/aromatic N) is 2. The fraction of sp³-hybridized carbons (Fsp3) is 0.529. The summed E-state index contributed by atoms with van der Waals surface area (Å²) in [4.78, 5) is 16.9. The minimum absolute atomic E-state index is 0.0519. The summed E-state index contributed by atoms with van der Waals surface area (Å²) in [6, 6.07) is 3.32. The van der Waals surface area contributed by atoms with Gasteiger partial charge in [0.1, 0.15) is 11.9 Å². The average molecular weight is 339 g/mol. The molecule has 2 aromatic rings. The van der Waals surface area contributed by atoms with Gasteiger partial charge in [-0.1, -0.05) is 26.8 Å². The predicted molar refractivity (Wildman–Crippen MR) is 83.9 cm³/mol. The summed E-state index contributed by atoms with van der Waals surface area (Å²) in [6.45, 7) is 4.35. The van der Waals surface area contributed by atoms with Crippen LogP contribution >= 0.6 is 0 Å². The van der Waals surface area contributed by atoms with Crippen LogP contribution in [0.2, 0.25) is 0 Å². The largest absolute Gasteiger partial charge is 0.409 e. The highest BCUT2D eigenvalue weighted by Gasteiger charge is 2.48. The van der Waals surface area contributed by atoms with E-state index in [0.29, 0.717) is 5.52 Å². The van der Waals surface area contributed by atoms with Gasteiger partial charge in [0.2, 0.25) is 0 Å². The van der Waals surface area contributed by atoms with Crippen LogP contribution in [0.5, 0.6) is 0 Å². The number of imidazole rings is 1. The molecule has 0 aromatic carbocycles. The first-order chi connectivity index (χ1) is 11.1. The maximum Gasteiger partial charge on any atom is 0.409 e. The molecule has 0 unspecified atom stereocenters. The maximum absolute atomic E-state index is 13.3. The molecule has 0 spiro atoms. The van der Waals surface area contributed by atoms with Crippen molar-refractivity contribution in [3.63, 3.8) is 0 Å². The van der Waals surface area contributed by atoms with E-state index < -0.39 is 23.5 Å². The lowest BCUT2D eigenvalue weighted by molar-refractivity contribution is -0.174. The Hall–Kier alpha value is -2.05. The van der Waals surface area contributed by atoms with Crippen LogP contribution in [-0.2, 0) is 0 Å². The SMILES string of the molecule is CC(C)(C)[C@@H](NC(=O)c1nc(C2CC2)n2ccccc12)C(F)(F)F. The summed E-state index contributed by atoms with van der Waals surface area (Å²) in [5, 5.41) is 2.14. The van der Waals surface area contributed by atoms with Crippen molar-refractivity contribution in [1.29, 1.82) is 0 Å². The van der Waals surface area contributed by atoms with Crippen molar-refractivity contribution in [3.05, 3.63) is 35.9 Å². The van der Waals surface area contributed by atoms with Crippen LogP contribution in [0.4, 0.5) is 13.2 Å². The Kier molecular flexibility index (Phi) is 3.85. The third kappa shape index (κ3) is 3.12. The van der Waals surface area contributed by atoms with Gasteiger partial charge in [-0.2, -0.15) is 13.2 Å². The van der Waals surface area contributed by atoms with Gasteiger partial charge >= 0.3 is 6.18 Å². The molecular formula is C17H20F3N3O. The molecule has 4 nitrogen and oxygen atoms in total. The molecule has 1 saturated carbocycles. The van der Waals surface area contributed by atoms with Crippen molar-refractivity contribution in [2.45, 2.75) is 51.7 Å². The molecule has 7 heteroatoms. The molecular weight excluding hydrogens is 319 g/mol. The van der Waals surface area contributed by atoms with E-state index in [4.69, 9.17) is 0 Å². The van der Waals surface area contributed by atoms with Crippen LogP contribution in [0, 0.1) is 5.41 Å². The number of nitrogens with one attached hydrogen (secondary N) is 1. The number of hydrogen-bond acceptors (Lipinski definition) is 2. The Morgan fingerprint density at radius 3 is 2.50 bits per heavy atom. The molecule has 1 N–H and O–H groups in total. The molecule has 0 saturated heterocycles. The van der Waals surface area contributed by atoms with Crippen LogP contribution < -0.4 is 5.32 Å². The quantitative estimate of drug-likeness (QED) is 0.921. The number of rotatable bonds is 3. The molecule has 0 bridgehead atoms. The molecule has 0 aliphatic heterocycles. The second kappa shape index (κ2) is 5.50. The van der Waals surface area contributed by atoms with Gasteiger partial charge in [0.25, 0.3) is 5.91 Å². The number of hydrogen-bond donors (Lipinski definition) is 1. The van der Waals surface area contributed by atoms with Gasteiger partial charge in [0.05, 0.1) is 5.52 Å². The number of alkyl halides is 3. The van der Waals surface area contributed by atoms with Gasteiger partial charge in [-0.05, 0) is 30.4 Å². The van der Waals surface area contributed by atoms with Crippen molar-refractivity contribution in [2.75, 3.05) is 0 Å². The molecule has 1 amide bonds. The molecule has 1 aliphatic carbocycles. The van der Waals surface area contributed by atoms with Crippen molar-refractivity contribution in [1.82, 2.24) is 14.7 Å². The highest BCUT2D eigenvalue weighted by atomic mass is 19.4. The summed E-state index contributed by atoms with van der Waals surface area (Å²) in [5.74, 6) is 0.236. The normalized spacial score (nSPS) is 17.1. The topological polar surface area (TPSA) is 46.4 Å². The molecule has 1 fully saturated rings. The third-order valence-corrected chi connectivity index (χ3v) is 4.20. The van der Waals surface area contributed by atoms with E-state index in [1.54, 1.807) is 22.7 Å². The first-order valence-electron chi connectivity index (χ1n) is 7.93. The van der Waals surface area contributed by atoms with Gasteiger partial charge in [0.15, 0.2) is 5.69 Å². The molecule has 130 valence electrons. The van der Waals surface area contributed by atoms with E-state index in [2.05, 4.69) is 10.3 Å².